The topological polar surface area (TPSA) is 89.2 Å². The smallest absolute Gasteiger partial charge is 0.229 e. The van der Waals surface area contributed by atoms with Crippen LogP contribution < -0.4 is 5.32 Å². The van der Waals surface area contributed by atoms with Crippen molar-refractivity contribution >= 4 is 43.8 Å². The quantitative estimate of drug-likeness (QED) is 0.336. The van der Waals surface area contributed by atoms with E-state index in [2.05, 4.69) is 39.7 Å². The number of hydrogen-bond acceptors (Lipinski definition) is 6. The Labute approximate surface area is 202 Å². The second-order valence-electron chi connectivity index (χ2n) is 8.14. The van der Waals surface area contributed by atoms with Gasteiger partial charge in [0.2, 0.25) is 14.9 Å². The van der Waals surface area contributed by atoms with Crippen LogP contribution in [0.25, 0.3) is 16.6 Å². The zero-order valence-electron chi connectivity index (χ0n) is 18.4. The maximum Gasteiger partial charge on any atom is 0.229 e. The Morgan fingerprint density at radius 3 is 2.44 bits per heavy atom. The van der Waals surface area contributed by atoms with Crippen molar-refractivity contribution in [3.8, 4) is 0 Å². The van der Waals surface area contributed by atoms with E-state index in [1.807, 2.05) is 18.2 Å². The van der Waals surface area contributed by atoms with Gasteiger partial charge in [0.1, 0.15) is 5.82 Å². The Morgan fingerprint density at radius 2 is 1.71 bits per heavy atom. The van der Waals surface area contributed by atoms with Crippen LogP contribution in [0.15, 0.2) is 88.8 Å². The zero-order valence-corrected chi connectivity index (χ0v) is 20.0. The molecule has 0 aliphatic heterocycles. The molecule has 0 saturated carbocycles. The van der Waals surface area contributed by atoms with E-state index in [0.717, 1.165) is 18.2 Å². The number of nitrogens with one attached hydrogen (secondary N) is 1. The Balaban J connectivity index is 1.57. The van der Waals surface area contributed by atoms with E-state index in [9.17, 15) is 8.42 Å². The molecular weight excluding hydrogens is 470 g/mol. The second-order valence-corrected chi connectivity index (χ2v) is 10.4. The van der Waals surface area contributed by atoms with E-state index < -0.39 is 9.84 Å². The monoisotopic (exact) mass is 491 g/mol. The third-order valence-electron chi connectivity index (χ3n) is 5.68. The summed E-state index contributed by atoms with van der Waals surface area (Å²) in [6.45, 7) is 2.07. The number of nitrogens with zero attached hydrogens (tertiary/aromatic N) is 4. The summed E-state index contributed by atoms with van der Waals surface area (Å²) in [5.74, 6) is 0.539. The van der Waals surface area contributed by atoms with E-state index in [4.69, 9.17) is 11.6 Å². The number of fused-ring (bicyclic) bond motifs is 3. The lowest BCUT2D eigenvalue weighted by Gasteiger charge is -2.17. The maximum absolute atomic E-state index is 13.3. The van der Waals surface area contributed by atoms with Gasteiger partial charge in [-0.25, -0.2) is 13.4 Å². The molecule has 34 heavy (non-hydrogen) atoms. The predicted molar refractivity (Wildman–Crippen MR) is 133 cm³/mol. The summed E-state index contributed by atoms with van der Waals surface area (Å²) < 4.78 is 28.0. The molecule has 1 N–H and O–H groups in total. The first kappa shape index (κ1) is 22.3. The highest BCUT2D eigenvalue weighted by Crippen LogP contribution is 2.30. The van der Waals surface area contributed by atoms with Gasteiger partial charge < -0.3 is 5.32 Å². The third-order valence-corrected chi connectivity index (χ3v) is 7.58. The van der Waals surface area contributed by atoms with Crippen molar-refractivity contribution in [3.63, 3.8) is 0 Å². The lowest BCUT2D eigenvalue weighted by Crippen LogP contribution is -2.18. The lowest BCUT2D eigenvalue weighted by molar-refractivity contribution is 0.592. The number of halogens is 1. The average Bonchev–Trinajstić information content (AvgIpc) is 3.29. The number of sulfone groups is 1. The van der Waals surface area contributed by atoms with Gasteiger partial charge in [-0.3, -0.25) is 0 Å². The van der Waals surface area contributed by atoms with Crippen LogP contribution in [0, 0.1) is 0 Å². The molecule has 2 aromatic heterocycles. The van der Waals surface area contributed by atoms with Crippen LogP contribution >= 0.6 is 11.6 Å². The Bertz CT molecular complexity index is 1570. The molecule has 5 aromatic rings. The fourth-order valence-corrected chi connectivity index (χ4v) is 5.33. The number of anilines is 1. The maximum atomic E-state index is 13.3. The summed E-state index contributed by atoms with van der Waals surface area (Å²) >= 11 is 6.28. The van der Waals surface area contributed by atoms with Crippen molar-refractivity contribution in [2.24, 2.45) is 0 Å². The molecule has 0 aliphatic carbocycles. The average molecular weight is 492 g/mol. The SMILES string of the molecule is CC(CCc1ccccc1)Nc1nc2c(S(=O)(=O)c3ccccc3)nnn2c2ccc(Cl)cc12. The van der Waals surface area contributed by atoms with E-state index in [-0.39, 0.29) is 21.6 Å². The van der Waals surface area contributed by atoms with Gasteiger partial charge in [-0.05, 0) is 55.7 Å². The minimum Gasteiger partial charge on any atom is -0.367 e. The molecule has 7 nitrogen and oxygen atoms in total. The molecule has 0 saturated heterocycles. The van der Waals surface area contributed by atoms with Crippen molar-refractivity contribution in [1.29, 1.82) is 0 Å². The fourth-order valence-electron chi connectivity index (χ4n) is 3.90. The second kappa shape index (κ2) is 9.04. The first-order chi connectivity index (χ1) is 16.4. The Hall–Kier alpha value is -3.49. The highest BCUT2D eigenvalue weighted by Gasteiger charge is 2.27. The van der Waals surface area contributed by atoms with Crippen LogP contribution in [0.5, 0.6) is 0 Å². The van der Waals surface area contributed by atoms with Gasteiger partial charge in [-0.15, -0.1) is 5.10 Å². The highest BCUT2D eigenvalue weighted by atomic mass is 35.5. The predicted octanol–water partition coefficient (Wildman–Crippen LogP) is 5.20. The first-order valence-electron chi connectivity index (χ1n) is 10.9. The number of benzene rings is 3. The van der Waals surface area contributed by atoms with Crippen molar-refractivity contribution in [1.82, 2.24) is 19.8 Å². The molecular formula is C25H22ClN5O2S. The molecule has 3 aromatic carbocycles. The van der Waals surface area contributed by atoms with Gasteiger partial charge >= 0.3 is 0 Å². The molecule has 0 spiro atoms. The van der Waals surface area contributed by atoms with Gasteiger partial charge in [-0.1, -0.05) is 65.3 Å². The standard InChI is InChI=1S/C25H22ClN5O2S/c1-17(12-13-18-8-4-2-5-9-18)27-23-21-16-19(26)14-15-22(21)31-24(28-23)25(29-30-31)34(32,33)20-10-6-3-7-11-20/h2-11,14-17H,12-13H2,1H3,(H,27,28). The summed E-state index contributed by atoms with van der Waals surface area (Å²) in [6, 6.07) is 23.8. The van der Waals surface area contributed by atoms with Crippen LogP contribution in [0.4, 0.5) is 5.82 Å². The minimum absolute atomic E-state index is 0.0717. The molecule has 0 radical (unpaired) electrons. The number of aryl methyl sites for hydroxylation is 1. The van der Waals surface area contributed by atoms with Crippen molar-refractivity contribution < 1.29 is 8.42 Å². The van der Waals surface area contributed by atoms with Crippen molar-refractivity contribution in [3.05, 3.63) is 89.4 Å². The van der Waals surface area contributed by atoms with Gasteiger partial charge in [0.25, 0.3) is 0 Å². The molecule has 0 aliphatic rings. The third kappa shape index (κ3) is 4.22. The van der Waals surface area contributed by atoms with Crippen LogP contribution in [-0.4, -0.2) is 34.3 Å². The Kier molecular flexibility index (Phi) is 5.93. The summed E-state index contributed by atoms with van der Waals surface area (Å²) in [5, 5.41) is 12.7. The Morgan fingerprint density at radius 1 is 1.00 bits per heavy atom. The van der Waals surface area contributed by atoms with Gasteiger partial charge in [0.15, 0.2) is 5.65 Å². The summed E-state index contributed by atoms with van der Waals surface area (Å²) in [7, 11) is -3.90. The van der Waals surface area contributed by atoms with Gasteiger partial charge in [0.05, 0.1) is 10.4 Å². The molecule has 0 bridgehead atoms. The van der Waals surface area contributed by atoms with Crippen LogP contribution in [0.2, 0.25) is 5.02 Å². The van der Waals surface area contributed by atoms with Crippen LogP contribution in [0.1, 0.15) is 18.9 Å². The van der Waals surface area contributed by atoms with E-state index in [0.29, 0.717) is 16.4 Å². The molecule has 0 fully saturated rings. The summed E-state index contributed by atoms with van der Waals surface area (Å²) in [5.41, 5.74) is 2.08. The van der Waals surface area contributed by atoms with Crippen molar-refractivity contribution in [2.45, 2.75) is 35.7 Å². The van der Waals surface area contributed by atoms with Crippen LogP contribution in [-0.2, 0) is 16.3 Å². The normalized spacial score (nSPS) is 12.8. The highest BCUT2D eigenvalue weighted by molar-refractivity contribution is 7.91. The molecule has 1 unspecified atom stereocenters. The fraction of sp³-hybridized carbons (Fsp3) is 0.160. The number of aromatic nitrogens is 4. The summed E-state index contributed by atoms with van der Waals surface area (Å²) in [6.07, 6.45) is 1.77. The largest absolute Gasteiger partial charge is 0.367 e. The number of rotatable bonds is 7. The molecule has 9 heteroatoms. The molecule has 0 amide bonds. The van der Waals surface area contributed by atoms with Crippen molar-refractivity contribution in [2.75, 3.05) is 5.32 Å². The molecule has 2 heterocycles. The van der Waals surface area contributed by atoms with E-state index >= 15 is 0 Å². The van der Waals surface area contributed by atoms with E-state index in [1.165, 1.54) is 22.2 Å². The first-order valence-corrected chi connectivity index (χ1v) is 12.7. The van der Waals surface area contributed by atoms with E-state index in [1.54, 1.807) is 36.4 Å². The number of hydrogen-bond donors (Lipinski definition) is 1. The van der Waals surface area contributed by atoms with Gasteiger partial charge in [0, 0.05) is 16.5 Å². The molecule has 5 rings (SSSR count). The summed E-state index contributed by atoms with van der Waals surface area (Å²) in [4.78, 5) is 4.82. The molecule has 1 atom stereocenters. The minimum atomic E-state index is -3.90. The lowest BCUT2D eigenvalue weighted by atomic mass is 10.1. The van der Waals surface area contributed by atoms with Gasteiger partial charge in [-0.2, -0.15) is 4.52 Å². The zero-order chi connectivity index (χ0) is 23.7. The van der Waals surface area contributed by atoms with Crippen LogP contribution in [0.3, 0.4) is 0 Å². The molecule has 172 valence electrons.